The third kappa shape index (κ3) is 9.89. The second-order valence-electron chi connectivity index (χ2n) is 8.85. The average molecular weight is 552 g/mol. The highest BCUT2D eigenvalue weighted by atomic mass is 31.2. The van der Waals surface area contributed by atoms with Crippen LogP contribution in [-0.2, 0) is 23.4 Å². The predicted octanol–water partition coefficient (Wildman–Crippen LogP) is 2.38. The van der Waals surface area contributed by atoms with Gasteiger partial charge in [-0.3, -0.25) is 13.9 Å². The lowest BCUT2D eigenvalue weighted by Crippen LogP contribution is -2.39. The molecule has 0 aliphatic rings. The number of nitrogens with two attached hydrogens (primary N) is 1. The quantitative estimate of drug-likeness (QED) is 0.217. The van der Waals surface area contributed by atoms with Crippen molar-refractivity contribution in [1.82, 2.24) is 14.6 Å². The van der Waals surface area contributed by atoms with Gasteiger partial charge in [0.05, 0.1) is 31.8 Å². The van der Waals surface area contributed by atoms with Gasteiger partial charge in [-0.2, -0.15) is 15.3 Å². The van der Waals surface area contributed by atoms with Crippen molar-refractivity contribution in [2.24, 2.45) is 5.92 Å². The number of aliphatic hydroxyl groups excluding tert-OH is 1. The summed E-state index contributed by atoms with van der Waals surface area (Å²) < 4.78 is 36.9. The number of esters is 1. The summed E-state index contributed by atoms with van der Waals surface area (Å²) in [5.41, 5.74) is 4.77. The smallest absolute Gasteiger partial charge is 0.459 e. The number of hydrogen-bond donors (Lipinski definition) is 3. The summed E-state index contributed by atoms with van der Waals surface area (Å²) in [7, 11) is -4.24. The van der Waals surface area contributed by atoms with E-state index in [1.165, 1.54) is 26.1 Å². The van der Waals surface area contributed by atoms with E-state index in [0.29, 0.717) is 0 Å². The first kappa shape index (κ1) is 31.0. The molecule has 0 radical (unpaired) electrons. The number of nitrogen functional groups attached to an aromatic ring is 1. The highest BCUT2D eigenvalue weighted by molar-refractivity contribution is 7.52. The van der Waals surface area contributed by atoms with Gasteiger partial charge in [0.15, 0.2) is 6.23 Å². The van der Waals surface area contributed by atoms with Crippen molar-refractivity contribution in [1.29, 1.82) is 5.26 Å². The Bertz CT molecular complexity index is 1180. The molecule has 0 spiro atoms. The summed E-state index contributed by atoms with van der Waals surface area (Å²) in [6.07, 6.45) is -2.48. The van der Waals surface area contributed by atoms with Gasteiger partial charge in [-0.1, -0.05) is 32.0 Å². The molecule has 0 aliphatic carbocycles. The molecule has 1 heterocycles. The zero-order chi connectivity index (χ0) is 28.3. The molecule has 13 nitrogen and oxygen atoms in total. The maximum Gasteiger partial charge on any atom is 0.459 e. The van der Waals surface area contributed by atoms with Crippen LogP contribution in [0.3, 0.4) is 0 Å². The molecule has 0 fully saturated rings. The Morgan fingerprint density at radius 2 is 1.89 bits per heavy atom. The summed E-state index contributed by atoms with van der Waals surface area (Å²) >= 11 is 0. The van der Waals surface area contributed by atoms with E-state index in [2.05, 4.69) is 10.1 Å². The maximum absolute atomic E-state index is 13.7. The first-order valence-corrected chi connectivity index (χ1v) is 13.5. The van der Waals surface area contributed by atoms with Gasteiger partial charge in [0, 0.05) is 6.20 Å². The monoisotopic (exact) mass is 551 g/mol. The summed E-state index contributed by atoms with van der Waals surface area (Å²) in [4.78, 5) is 28.3. The summed E-state index contributed by atoms with van der Waals surface area (Å²) in [6.45, 7) is 6.27. The molecular formula is C24H34N5O8P. The molecule has 38 heavy (non-hydrogen) atoms. The Morgan fingerprint density at radius 1 is 1.21 bits per heavy atom. The SMILES string of the molecule is CC(C)COC(=O)[C@H](C)NP(=O)(OC[C@@H](O[C@H](CC#N)n1ccc(N)nc1=O)[C@H](C)O)Oc1ccccc1. The molecule has 1 unspecified atom stereocenters. The number of nitriles is 1. The Kier molecular flexibility index (Phi) is 11.9. The molecule has 208 valence electrons. The number of ether oxygens (including phenoxy) is 2. The Balaban J connectivity index is 2.24. The lowest BCUT2D eigenvalue weighted by Gasteiger charge is -2.29. The number of aliphatic hydroxyl groups is 1. The molecule has 1 aromatic heterocycles. The zero-order valence-electron chi connectivity index (χ0n) is 21.7. The van der Waals surface area contributed by atoms with Crippen LogP contribution in [-0.4, -0.2) is 52.1 Å². The van der Waals surface area contributed by atoms with Crippen molar-refractivity contribution < 1.29 is 33.0 Å². The van der Waals surface area contributed by atoms with Crippen LogP contribution in [0.4, 0.5) is 5.82 Å². The average Bonchev–Trinajstić information content (AvgIpc) is 2.84. The van der Waals surface area contributed by atoms with Crippen molar-refractivity contribution in [2.75, 3.05) is 18.9 Å². The Morgan fingerprint density at radius 3 is 2.47 bits per heavy atom. The molecule has 2 aromatic rings. The van der Waals surface area contributed by atoms with E-state index < -0.39 is 50.5 Å². The molecule has 5 atom stereocenters. The van der Waals surface area contributed by atoms with Gasteiger partial charge in [-0.05, 0) is 38.0 Å². The standard InChI is InChI=1S/C24H34N5O8P/c1-16(2)14-34-23(31)17(3)28-38(33,37-19-8-6-5-7-9-19)35-15-20(18(4)30)36-22(10-12-25)29-13-11-21(26)27-24(29)32/h5-9,11,13,16-18,20,22,30H,10,14-15H2,1-4H3,(H,28,33)(H2,26,27,32)/t17-,18-,20+,22+,38?/m0/s1. The third-order valence-corrected chi connectivity index (χ3v) is 6.58. The fraction of sp³-hybridized carbons (Fsp3) is 0.500. The number of para-hydroxylation sites is 1. The number of rotatable bonds is 15. The first-order chi connectivity index (χ1) is 17.9. The van der Waals surface area contributed by atoms with Gasteiger partial charge in [0.1, 0.15) is 23.7 Å². The minimum atomic E-state index is -4.24. The molecule has 0 amide bonds. The van der Waals surface area contributed by atoms with Crippen LogP contribution in [0.2, 0.25) is 0 Å². The number of nitrogens with one attached hydrogen (secondary N) is 1. The molecule has 0 saturated heterocycles. The van der Waals surface area contributed by atoms with Gasteiger partial charge in [-0.25, -0.2) is 9.36 Å². The van der Waals surface area contributed by atoms with E-state index >= 15 is 0 Å². The second kappa shape index (κ2) is 14.6. The molecular weight excluding hydrogens is 517 g/mol. The number of benzene rings is 1. The fourth-order valence-electron chi connectivity index (χ4n) is 2.97. The predicted molar refractivity (Wildman–Crippen MR) is 138 cm³/mol. The minimum Gasteiger partial charge on any atom is -0.464 e. The van der Waals surface area contributed by atoms with Gasteiger partial charge in [0.25, 0.3) is 0 Å². The van der Waals surface area contributed by atoms with E-state index in [4.69, 9.17) is 24.3 Å². The van der Waals surface area contributed by atoms with Crippen LogP contribution >= 0.6 is 7.75 Å². The topological polar surface area (TPSA) is 188 Å². The molecule has 1 aromatic carbocycles. The van der Waals surface area contributed by atoms with E-state index in [9.17, 15) is 24.5 Å². The number of nitrogens with zero attached hydrogens (tertiary/aromatic N) is 3. The normalized spacial score (nSPS) is 16.0. The Labute approximate surface area is 221 Å². The van der Waals surface area contributed by atoms with Gasteiger partial charge in [0.2, 0.25) is 0 Å². The lowest BCUT2D eigenvalue weighted by atomic mass is 10.2. The minimum absolute atomic E-state index is 0.0107. The van der Waals surface area contributed by atoms with E-state index in [-0.39, 0.29) is 30.5 Å². The zero-order valence-corrected chi connectivity index (χ0v) is 22.6. The Hall–Kier alpha value is -3.27. The van der Waals surface area contributed by atoms with E-state index in [1.54, 1.807) is 30.3 Å². The van der Waals surface area contributed by atoms with Crippen molar-refractivity contribution in [3.63, 3.8) is 0 Å². The number of carbonyl (C=O) groups is 1. The summed E-state index contributed by atoms with van der Waals surface area (Å²) in [5, 5.41) is 22.1. The van der Waals surface area contributed by atoms with E-state index in [1.807, 2.05) is 19.9 Å². The lowest BCUT2D eigenvalue weighted by molar-refractivity contribution is -0.146. The first-order valence-electron chi connectivity index (χ1n) is 11.9. The molecule has 2 rings (SSSR count). The van der Waals surface area contributed by atoms with Crippen molar-refractivity contribution >= 4 is 19.5 Å². The second-order valence-corrected chi connectivity index (χ2v) is 10.5. The van der Waals surface area contributed by atoms with Gasteiger partial charge < -0.3 is 24.8 Å². The van der Waals surface area contributed by atoms with Crippen molar-refractivity contribution in [3.8, 4) is 11.8 Å². The maximum atomic E-state index is 13.7. The number of carbonyl (C=O) groups excluding carboxylic acids is 1. The van der Waals surface area contributed by atoms with Crippen LogP contribution in [0.15, 0.2) is 47.4 Å². The van der Waals surface area contributed by atoms with Crippen LogP contribution in [0, 0.1) is 17.2 Å². The van der Waals surface area contributed by atoms with Crippen LogP contribution in [0.5, 0.6) is 5.75 Å². The van der Waals surface area contributed by atoms with Crippen molar-refractivity contribution in [3.05, 3.63) is 53.1 Å². The third-order valence-electron chi connectivity index (χ3n) is 4.94. The number of anilines is 1. The van der Waals surface area contributed by atoms with Crippen LogP contribution in [0.1, 0.15) is 40.3 Å². The highest BCUT2D eigenvalue weighted by Gasteiger charge is 2.35. The number of hydrogen-bond acceptors (Lipinski definition) is 11. The van der Waals surface area contributed by atoms with E-state index in [0.717, 1.165) is 4.57 Å². The fourth-order valence-corrected chi connectivity index (χ4v) is 4.48. The molecule has 0 bridgehead atoms. The van der Waals surface area contributed by atoms with Crippen LogP contribution in [0.25, 0.3) is 0 Å². The molecule has 14 heteroatoms. The largest absolute Gasteiger partial charge is 0.464 e. The van der Waals surface area contributed by atoms with Crippen molar-refractivity contribution in [2.45, 2.75) is 58.6 Å². The number of aromatic nitrogens is 2. The summed E-state index contributed by atoms with van der Waals surface area (Å²) in [6, 6.07) is 10.3. The molecule has 4 N–H and O–H groups in total. The van der Waals surface area contributed by atoms with Gasteiger partial charge >= 0.3 is 19.4 Å². The summed E-state index contributed by atoms with van der Waals surface area (Å²) in [5.74, 6) is -0.374. The molecule has 0 saturated carbocycles. The molecule has 0 aliphatic heterocycles. The highest BCUT2D eigenvalue weighted by Crippen LogP contribution is 2.45. The van der Waals surface area contributed by atoms with Crippen LogP contribution < -0.4 is 21.0 Å². The van der Waals surface area contributed by atoms with Gasteiger partial charge in [-0.15, -0.1) is 0 Å².